The maximum Gasteiger partial charge on any atom is 0.319 e. The SMILES string of the molecule is CCOC(=O)CNCCc1ccn(C)n1. The van der Waals surface area contributed by atoms with Gasteiger partial charge < -0.3 is 10.1 Å². The molecule has 15 heavy (non-hydrogen) atoms. The third-order valence-corrected chi connectivity index (χ3v) is 1.90. The van der Waals surface area contributed by atoms with Crippen LogP contribution in [0.25, 0.3) is 0 Å². The van der Waals surface area contributed by atoms with Crippen LogP contribution in [0, 0.1) is 0 Å². The summed E-state index contributed by atoms with van der Waals surface area (Å²) in [7, 11) is 1.88. The molecule has 0 aliphatic heterocycles. The van der Waals surface area contributed by atoms with E-state index in [1.54, 1.807) is 11.6 Å². The Morgan fingerprint density at radius 3 is 3.07 bits per heavy atom. The highest BCUT2D eigenvalue weighted by molar-refractivity contribution is 5.71. The van der Waals surface area contributed by atoms with Gasteiger partial charge in [0.25, 0.3) is 0 Å². The second kappa shape index (κ2) is 6.19. The number of nitrogens with zero attached hydrogens (tertiary/aromatic N) is 2. The number of carbonyl (C=O) groups is 1. The molecule has 0 radical (unpaired) electrons. The quantitative estimate of drug-likeness (QED) is 0.536. The topological polar surface area (TPSA) is 56.1 Å². The van der Waals surface area contributed by atoms with Crippen molar-refractivity contribution in [2.45, 2.75) is 13.3 Å². The predicted octanol–water partition coefficient (Wildman–Crippen LogP) is 0.115. The normalized spacial score (nSPS) is 10.3. The molecule has 1 aromatic rings. The second-order valence-electron chi connectivity index (χ2n) is 3.21. The number of aryl methyl sites for hydroxylation is 1. The van der Waals surface area contributed by atoms with E-state index < -0.39 is 0 Å². The number of nitrogens with one attached hydrogen (secondary N) is 1. The van der Waals surface area contributed by atoms with E-state index >= 15 is 0 Å². The Bertz CT molecular complexity index is 309. The maximum atomic E-state index is 11.0. The first-order valence-electron chi connectivity index (χ1n) is 5.07. The molecule has 1 rings (SSSR count). The van der Waals surface area contributed by atoms with Gasteiger partial charge in [0.2, 0.25) is 0 Å². The van der Waals surface area contributed by atoms with Crippen LogP contribution in [0.15, 0.2) is 12.3 Å². The summed E-state index contributed by atoms with van der Waals surface area (Å²) in [6.07, 6.45) is 2.72. The highest BCUT2D eigenvalue weighted by Gasteiger charge is 2.00. The maximum absolute atomic E-state index is 11.0. The van der Waals surface area contributed by atoms with Gasteiger partial charge in [0, 0.05) is 26.2 Å². The molecule has 1 N–H and O–H groups in total. The molecule has 0 spiro atoms. The van der Waals surface area contributed by atoms with Crippen molar-refractivity contribution in [1.82, 2.24) is 15.1 Å². The van der Waals surface area contributed by atoms with Gasteiger partial charge in [-0.3, -0.25) is 9.48 Å². The lowest BCUT2D eigenvalue weighted by molar-refractivity contribution is -0.141. The summed E-state index contributed by atoms with van der Waals surface area (Å²) in [6, 6.07) is 1.96. The molecule has 0 saturated carbocycles. The standard InChI is InChI=1S/C10H17N3O2/c1-3-15-10(14)8-11-6-4-9-5-7-13(2)12-9/h5,7,11H,3-4,6,8H2,1-2H3. The van der Waals surface area contributed by atoms with Crippen molar-refractivity contribution >= 4 is 5.97 Å². The fourth-order valence-electron chi connectivity index (χ4n) is 1.22. The molecule has 0 amide bonds. The lowest BCUT2D eigenvalue weighted by Crippen LogP contribution is -2.26. The van der Waals surface area contributed by atoms with E-state index in [1.807, 2.05) is 19.3 Å². The first-order chi connectivity index (χ1) is 7.22. The second-order valence-corrected chi connectivity index (χ2v) is 3.21. The van der Waals surface area contributed by atoms with Crippen molar-refractivity contribution in [2.75, 3.05) is 19.7 Å². The summed E-state index contributed by atoms with van der Waals surface area (Å²) in [4.78, 5) is 11.0. The predicted molar refractivity (Wildman–Crippen MR) is 56.4 cm³/mol. The van der Waals surface area contributed by atoms with Crippen molar-refractivity contribution in [3.05, 3.63) is 18.0 Å². The number of carbonyl (C=O) groups excluding carboxylic acids is 1. The number of hydrogen-bond donors (Lipinski definition) is 1. The number of ether oxygens (including phenoxy) is 1. The lowest BCUT2D eigenvalue weighted by atomic mass is 10.3. The molecule has 0 bridgehead atoms. The monoisotopic (exact) mass is 211 g/mol. The molecule has 0 aliphatic carbocycles. The van der Waals surface area contributed by atoms with Gasteiger partial charge in [0.05, 0.1) is 18.8 Å². The molecule has 84 valence electrons. The van der Waals surface area contributed by atoms with Crippen molar-refractivity contribution in [3.8, 4) is 0 Å². The molecule has 1 heterocycles. The van der Waals surface area contributed by atoms with Crippen LogP contribution in [-0.2, 0) is 23.0 Å². The summed E-state index contributed by atoms with van der Waals surface area (Å²) in [5.74, 6) is -0.210. The Hall–Kier alpha value is -1.36. The van der Waals surface area contributed by atoms with Crippen molar-refractivity contribution in [2.24, 2.45) is 7.05 Å². The average molecular weight is 211 g/mol. The van der Waals surface area contributed by atoms with E-state index in [-0.39, 0.29) is 12.5 Å². The van der Waals surface area contributed by atoms with Gasteiger partial charge in [0.1, 0.15) is 0 Å². The smallest absolute Gasteiger partial charge is 0.319 e. The molecular formula is C10H17N3O2. The van der Waals surface area contributed by atoms with Crippen LogP contribution in [0.3, 0.4) is 0 Å². The van der Waals surface area contributed by atoms with Crippen molar-refractivity contribution in [1.29, 1.82) is 0 Å². The van der Waals surface area contributed by atoms with Crippen molar-refractivity contribution in [3.63, 3.8) is 0 Å². The van der Waals surface area contributed by atoms with Gasteiger partial charge in [-0.2, -0.15) is 5.10 Å². The zero-order valence-electron chi connectivity index (χ0n) is 9.19. The fraction of sp³-hybridized carbons (Fsp3) is 0.600. The zero-order chi connectivity index (χ0) is 11.1. The molecular weight excluding hydrogens is 194 g/mol. The number of rotatable bonds is 6. The summed E-state index contributed by atoms with van der Waals surface area (Å²) < 4.78 is 6.54. The Balaban J connectivity index is 2.09. The minimum atomic E-state index is -0.210. The Morgan fingerprint density at radius 2 is 2.47 bits per heavy atom. The lowest BCUT2D eigenvalue weighted by Gasteiger charge is -2.02. The molecule has 5 nitrogen and oxygen atoms in total. The van der Waals surface area contributed by atoms with Gasteiger partial charge in [-0.25, -0.2) is 0 Å². The minimum Gasteiger partial charge on any atom is -0.465 e. The minimum absolute atomic E-state index is 0.210. The Morgan fingerprint density at radius 1 is 1.67 bits per heavy atom. The van der Waals surface area contributed by atoms with Crippen LogP contribution in [0.2, 0.25) is 0 Å². The molecule has 0 atom stereocenters. The number of hydrogen-bond acceptors (Lipinski definition) is 4. The molecule has 5 heteroatoms. The van der Waals surface area contributed by atoms with Gasteiger partial charge in [-0.05, 0) is 13.0 Å². The molecule has 0 aliphatic rings. The Kier molecular flexibility index (Phi) is 4.83. The average Bonchev–Trinajstić information content (AvgIpc) is 2.60. The highest BCUT2D eigenvalue weighted by atomic mass is 16.5. The van der Waals surface area contributed by atoms with Crippen molar-refractivity contribution < 1.29 is 9.53 Å². The van der Waals surface area contributed by atoms with E-state index in [1.165, 1.54) is 0 Å². The zero-order valence-corrected chi connectivity index (χ0v) is 9.19. The van der Waals surface area contributed by atoms with Gasteiger partial charge in [-0.15, -0.1) is 0 Å². The van der Waals surface area contributed by atoms with E-state index in [2.05, 4.69) is 10.4 Å². The van der Waals surface area contributed by atoms with Crippen LogP contribution < -0.4 is 5.32 Å². The van der Waals surface area contributed by atoms with E-state index in [4.69, 9.17) is 4.74 Å². The van der Waals surface area contributed by atoms with E-state index in [0.29, 0.717) is 6.61 Å². The molecule has 0 aromatic carbocycles. The Labute approximate surface area is 89.4 Å². The van der Waals surface area contributed by atoms with Crippen LogP contribution >= 0.6 is 0 Å². The van der Waals surface area contributed by atoms with Crippen LogP contribution in [-0.4, -0.2) is 35.4 Å². The summed E-state index contributed by atoms with van der Waals surface area (Å²) in [5.41, 5.74) is 1.02. The van der Waals surface area contributed by atoms with Crippen LogP contribution in [0.1, 0.15) is 12.6 Å². The van der Waals surface area contributed by atoms with Gasteiger partial charge in [-0.1, -0.05) is 0 Å². The van der Waals surface area contributed by atoms with E-state index in [9.17, 15) is 4.79 Å². The summed E-state index contributed by atoms with van der Waals surface area (Å²) in [5, 5.41) is 7.23. The number of esters is 1. The highest BCUT2D eigenvalue weighted by Crippen LogP contribution is 1.93. The first kappa shape index (κ1) is 11.7. The molecule has 1 aromatic heterocycles. The van der Waals surface area contributed by atoms with Crippen LogP contribution in [0.4, 0.5) is 0 Å². The summed E-state index contributed by atoms with van der Waals surface area (Å²) in [6.45, 7) is 3.23. The van der Waals surface area contributed by atoms with Gasteiger partial charge in [0.15, 0.2) is 0 Å². The third-order valence-electron chi connectivity index (χ3n) is 1.90. The molecule has 0 unspecified atom stereocenters. The third kappa shape index (κ3) is 4.60. The molecule has 0 saturated heterocycles. The summed E-state index contributed by atoms with van der Waals surface area (Å²) >= 11 is 0. The van der Waals surface area contributed by atoms with Crippen LogP contribution in [0.5, 0.6) is 0 Å². The fourth-order valence-corrected chi connectivity index (χ4v) is 1.22. The molecule has 0 fully saturated rings. The largest absolute Gasteiger partial charge is 0.465 e. The first-order valence-corrected chi connectivity index (χ1v) is 5.07. The van der Waals surface area contributed by atoms with Gasteiger partial charge >= 0.3 is 5.97 Å². The van der Waals surface area contributed by atoms with E-state index in [0.717, 1.165) is 18.7 Å². The number of aromatic nitrogens is 2.